The molecular formula is C21H20ClFN2O2. The number of rotatable bonds is 4. The van der Waals surface area contributed by atoms with Crippen LogP contribution in [0.25, 0.3) is 6.08 Å². The van der Waals surface area contributed by atoms with Crippen LogP contribution in [0.2, 0.25) is 5.02 Å². The molecule has 0 saturated carbocycles. The van der Waals surface area contributed by atoms with Gasteiger partial charge in [0.2, 0.25) is 11.8 Å². The van der Waals surface area contributed by atoms with E-state index in [4.69, 9.17) is 11.6 Å². The maximum atomic E-state index is 13.8. The molecule has 2 aromatic carbocycles. The van der Waals surface area contributed by atoms with Crippen molar-refractivity contribution in [2.45, 2.75) is 12.8 Å². The Balaban J connectivity index is 1.51. The summed E-state index contributed by atoms with van der Waals surface area (Å²) in [7, 11) is 0. The molecule has 1 aliphatic rings. The van der Waals surface area contributed by atoms with Gasteiger partial charge in [-0.1, -0.05) is 41.9 Å². The normalized spacial score (nSPS) is 15.1. The molecule has 0 aliphatic carbocycles. The summed E-state index contributed by atoms with van der Waals surface area (Å²) in [6.45, 7) is 0.998. The van der Waals surface area contributed by atoms with Crippen LogP contribution in [0.1, 0.15) is 18.4 Å². The monoisotopic (exact) mass is 386 g/mol. The van der Waals surface area contributed by atoms with Gasteiger partial charge in [0.05, 0.1) is 5.69 Å². The van der Waals surface area contributed by atoms with Crippen molar-refractivity contribution in [3.05, 3.63) is 71.0 Å². The molecule has 0 unspecified atom stereocenters. The Morgan fingerprint density at radius 2 is 1.81 bits per heavy atom. The van der Waals surface area contributed by atoms with Crippen LogP contribution in [0.3, 0.4) is 0 Å². The van der Waals surface area contributed by atoms with E-state index in [-0.39, 0.29) is 28.4 Å². The summed E-state index contributed by atoms with van der Waals surface area (Å²) in [5.41, 5.74) is 1.08. The van der Waals surface area contributed by atoms with Gasteiger partial charge in [0.15, 0.2) is 0 Å². The highest BCUT2D eigenvalue weighted by Gasteiger charge is 2.27. The van der Waals surface area contributed by atoms with Gasteiger partial charge in [-0.2, -0.15) is 0 Å². The van der Waals surface area contributed by atoms with Gasteiger partial charge in [-0.3, -0.25) is 9.59 Å². The van der Waals surface area contributed by atoms with Crippen LogP contribution in [-0.4, -0.2) is 29.8 Å². The lowest BCUT2D eigenvalue weighted by Crippen LogP contribution is -2.40. The lowest BCUT2D eigenvalue weighted by atomic mass is 9.95. The van der Waals surface area contributed by atoms with E-state index in [9.17, 15) is 14.0 Å². The predicted molar refractivity (Wildman–Crippen MR) is 105 cm³/mol. The molecule has 1 heterocycles. The molecule has 27 heavy (non-hydrogen) atoms. The molecule has 0 radical (unpaired) electrons. The first-order valence-electron chi connectivity index (χ1n) is 8.81. The Morgan fingerprint density at radius 1 is 1.11 bits per heavy atom. The molecule has 1 saturated heterocycles. The number of amides is 2. The second-order valence-electron chi connectivity index (χ2n) is 6.46. The third-order valence-electron chi connectivity index (χ3n) is 4.58. The third-order valence-corrected chi connectivity index (χ3v) is 4.82. The fraction of sp³-hybridized carbons (Fsp3) is 0.238. The third kappa shape index (κ3) is 5.17. The van der Waals surface area contributed by atoms with E-state index < -0.39 is 5.82 Å². The zero-order valence-electron chi connectivity index (χ0n) is 14.7. The number of nitrogens with one attached hydrogen (secondary N) is 1. The van der Waals surface area contributed by atoms with Crippen molar-refractivity contribution in [3.63, 3.8) is 0 Å². The van der Waals surface area contributed by atoms with Gasteiger partial charge >= 0.3 is 0 Å². The molecule has 1 N–H and O–H groups in total. The molecule has 3 rings (SSSR count). The molecule has 6 heteroatoms. The highest BCUT2D eigenvalue weighted by molar-refractivity contribution is 6.30. The van der Waals surface area contributed by atoms with Crippen molar-refractivity contribution in [1.29, 1.82) is 0 Å². The van der Waals surface area contributed by atoms with Gasteiger partial charge in [0, 0.05) is 30.1 Å². The van der Waals surface area contributed by atoms with Crippen LogP contribution in [0, 0.1) is 11.7 Å². The molecule has 1 fully saturated rings. The fourth-order valence-electron chi connectivity index (χ4n) is 3.02. The van der Waals surface area contributed by atoms with Crippen molar-refractivity contribution in [3.8, 4) is 0 Å². The second-order valence-corrected chi connectivity index (χ2v) is 6.89. The van der Waals surface area contributed by atoms with Crippen molar-refractivity contribution in [2.75, 3.05) is 18.4 Å². The van der Waals surface area contributed by atoms with Gasteiger partial charge in [-0.15, -0.1) is 0 Å². The minimum absolute atomic E-state index is 0.0681. The zero-order chi connectivity index (χ0) is 19.2. The Labute approximate surface area is 162 Å². The minimum atomic E-state index is -0.561. The topological polar surface area (TPSA) is 49.4 Å². The molecule has 0 atom stereocenters. The van der Waals surface area contributed by atoms with Gasteiger partial charge in [0.1, 0.15) is 5.82 Å². The fourth-order valence-corrected chi connectivity index (χ4v) is 3.18. The predicted octanol–water partition coefficient (Wildman–Crippen LogP) is 4.37. The average molecular weight is 387 g/mol. The summed E-state index contributed by atoms with van der Waals surface area (Å²) in [5.74, 6) is -1.11. The van der Waals surface area contributed by atoms with E-state index in [1.54, 1.807) is 17.1 Å². The van der Waals surface area contributed by atoms with E-state index in [2.05, 4.69) is 5.32 Å². The Kier molecular flexibility index (Phi) is 6.24. The van der Waals surface area contributed by atoms with E-state index in [0.717, 1.165) is 11.6 Å². The number of hydrogen-bond donors (Lipinski definition) is 1. The maximum Gasteiger partial charge on any atom is 0.246 e. The Bertz CT molecular complexity index is 847. The van der Waals surface area contributed by atoms with E-state index in [0.29, 0.717) is 25.9 Å². The summed E-state index contributed by atoms with van der Waals surface area (Å²) >= 11 is 5.72. The Hall–Kier alpha value is -2.66. The van der Waals surface area contributed by atoms with Gasteiger partial charge < -0.3 is 10.2 Å². The van der Waals surface area contributed by atoms with E-state index in [1.165, 1.54) is 12.1 Å². The van der Waals surface area contributed by atoms with Crippen LogP contribution in [0.4, 0.5) is 10.1 Å². The standard InChI is InChI=1S/C21H20ClFN2O2/c22-17-7-8-19(18(23)14-17)24-21(27)16-10-12-25(13-11-16)20(26)9-6-15-4-2-1-3-5-15/h1-9,14,16H,10-13H2,(H,24,27)/b9-6+. The molecule has 2 amide bonds. The number of benzene rings is 2. The average Bonchev–Trinajstić information content (AvgIpc) is 2.69. The first-order valence-corrected chi connectivity index (χ1v) is 9.18. The SMILES string of the molecule is O=C(Nc1ccc(Cl)cc1F)C1CCN(C(=O)/C=C/c2ccccc2)CC1. The quantitative estimate of drug-likeness (QED) is 0.793. The first-order chi connectivity index (χ1) is 13.0. The van der Waals surface area contributed by atoms with Crippen LogP contribution in [0.15, 0.2) is 54.6 Å². The summed E-state index contributed by atoms with van der Waals surface area (Å²) in [6.07, 6.45) is 4.43. The molecular weight excluding hydrogens is 367 g/mol. The van der Waals surface area contributed by atoms with Crippen LogP contribution in [0.5, 0.6) is 0 Å². The summed E-state index contributed by atoms with van der Waals surface area (Å²) in [5, 5.41) is 2.89. The highest BCUT2D eigenvalue weighted by atomic mass is 35.5. The smallest absolute Gasteiger partial charge is 0.246 e. The number of halogens is 2. The maximum absolute atomic E-state index is 13.8. The van der Waals surface area contributed by atoms with Crippen molar-refractivity contribution in [1.82, 2.24) is 4.90 Å². The molecule has 0 spiro atoms. The van der Waals surface area contributed by atoms with E-state index in [1.807, 2.05) is 30.3 Å². The van der Waals surface area contributed by atoms with Gasteiger partial charge in [-0.05, 0) is 42.7 Å². The van der Waals surface area contributed by atoms with Crippen LogP contribution >= 0.6 is 11.6 Å². The minimum Gasteiger partial charge on any atom is -0.339 e. The lowest BCUT2D eigenvalue weighted by molar-refractivity contribution is -0.130. The van der Waals surface area contributed by atoms with Gasteiger partial charge in [0.25, 0.3) is 0 Å². The number of nitrogens with zero attached hydrogens (tertiary/aromatic N) is 1. The molecule has 2 aromatic rings. The molecule has 140 valence electrons. The van der Waals surface area contributed by atoms with Crippen molar-refractivity contribution in [2.24, 2.45) is 5.92 Å². The Morgan fingerprint density at radius 3 is 2.48 bits per heavy atom. The first kappa shape index (κ1) is 19.1. The summed E-state index contributed by atoms with van der Waals surface area (Å²) in [4.78, 5) is 26.4. The van der Waals surface area contributed by atoms with Crippen molar-refractivity contribution < 1.29 is 14.0 Å². The number of piperidine rings is 1. The summed E-state index contributed by atoms with van der Waals surface area (Å²) in [6, 6.07) is 13.7. The molecule has 4 nitrogen and oxygen atoms in total. The summed E-state index contributed by atoms with van der Waals surface area (Å²) < 4.78 is 13.8. The number of carbonyl (C=O) groups is 2. The second kappa shape index (κ2) is 8.82. The zero-order valence-corrected chi connectivity index (χ0v) is 15.5. The molecule has 0 aromatic heterocycles. The van der Waals surface area contributed by atoms with Crippen LogP contribution in [-0.2, 0) is 9.59 Å². The van der Waals surface area contributed by atoms with Crippen molar-refractivity contribution >= 4 is 35.2 Å². The van der Waals surface area contributed by atoms with E-state index >= 15 is 0 Å². The highest BCUT2D eigenvalue weighted by Crippen LogP contribution is 2.23. The number of carbonyl (C=O) groups excluding carboxylic acids is 2. The largest absolute Gasteiger partial charge is 0.339 e. The number of hydrogen-bond acceptors (Lipinski definition) is 2. The van der Waals surface area contributed by atoms with Gasteiger partial charge in [-0.25, -0.2) is 4.39 Å². The molecule has 1 aliphatic heterocycles. The van der Waals surface area contributed by atoms with Crippen LogP contribution < -0.4 is 5.32 Å². The molecule has 0 bridgehead atoms. The number of likely N-dealkylation sites (tertiary alicyclic amines) is 1. The number of anilines is 1. The lowest BCUT2D eigenvalue weighted by Gasteiger charge is -2.30.